The molecule has 142 valence electrons. The molecule has 0 aromatic carbocycles. The number of rotatable bonds is 9. The van der Waals surface area contributed by atoms with Crippen molar-refractivity contribution < 1.29 is 0 Å². The van der Waals surface area contributed by atoms with Crippen LogP contribution >= 0.6 is 0 Å². The molecule has 0 spiro atoms. The number of hydrogen-bond donors (Lipinski definition) is 1. The summed E-state index contributed by atoms with van der Waals surface area (Å²) < 4.78 is 1.90. The average Bonchev–Trinajstić information content (AvgIpc) is 3.26. The fraction of sp³-hybridized carbons (Fsp3) is 0.789. The van der Waals surface area contributed by atoms with Crippen LogP contribution in [0.5, 0.6) is 0 Å². The van der Waals surface area contributed by atoms with Gasteiger partial charge in [0, 0.05) is 45.3 Å². The van der Waals surface area contributed by atoms with Crippen LogP contribution in [0.2, 0.25) is 0 Å². The van der Waals surface area contributed by atoms with Crippen molar-refractivity contribution in [3.63, 3.8) is 0 Å². The maximum atomic E-state index is 4.87. The van der Waals surface area contributed by atoms with Gasteiger partial charge >= 0.3 is 0 Å². The summed E-state index contributed by atoms with van der Waals surface area (Å²) >= 11 is 0. The molecule has 1 saturated heterocycles. The normalized spacial score (nSPS) is 18.4. The maximum absolute atomic E-state index is 4.87. The molecule has 1 aromatic rings. The van der Waals surface area contributed by atoms with Crippen LogP contribution in [-0.2, 0) is 7.05 Å². The minimum atomic E-state index is 0.570. The quantitative estimate of drug-likeness (QED) is 0.423. The Morgan fingerprint density at radius 3 is 2.76 bits per heavy atom. The van der Waals surface area contributed by atoms with Crippen LogP contribution in [0.1, 0.15) is 51.5 Å². The number of nitrogens with one attached hydrogen (secondary N) is 1. The van der Waals surface area contributed by atoms with Crippen LogP contribution < -0.4 is 5.32 Å². The number of aliphatic imine (C=N–C) groups is 1. The predicted octanol–water partition coefficient (Wildman–Crippen LogP) is 2.30. The van der Waals surface area contributed by atoms with E-state index < -0.39 is 0 Å². The Bertz CT molecular complexity index is 520. The van der Waals surface area contributed by atoms with Crippen molar-refractivity contribution in [3.8, 4) is 0 Å². The second kappa shape index (κ2) is 10.4. The highest BCUT2D eigenvalue weighted by atomic mass is 15.3. The van der Waals surface area contributed by atoms with Crippen molar-refractivity contribution in [1.29, 1.82) is 0 Å². The molecule has 25 heavy (non-hydrogen) atoms. The fourth-order valence-electron chi connectivity index (χ4n) is 3.47. The van der Waals surface area contributed by atoms with Gasteiger partial charge in [0.05, 0.1) is 6.20 Å². The number of hydrogen-bond acceptors (Lipinski definition) is 3. The molecule has 2 rings (SSSR count). The standard InChI is InChI=1S/C19H36N6/c1-5-20-19(21-11-8-9-12-24(6-2)7-3)25-13-10-17(16-25)18-14-22-23(4)15-18/h14-15,17H,5-13,16H2,1-4H3,(H,20,21). The van der Waals surface area contributed by atoms with Crippen molar-refractivity contribution in [1.82, 2.24) is 24.9 Å². The van der Waals surface area contributed by atoms with Crippen LogP contribution in [0.3, 0.4) is 0 Å². The topological polar surface area (TPSA) is 48.7 Å². The molecule has 1 aromatic heterocycles. The van der Waals surface area contributed by atoms with E-state index in [1.807, 2.05) is 17.9 Å². The predicted molar refractivity (Wildman–Crippen MR) is 105 cm³/mol. The van der Waals surface area contributed by atoms with Crippen LogP contribution in [0.4, 0.5) is 0 Å². The molecule has 0 radical (unpaired) electrons. The molecule has 1 atom stereocenters. The van der Waals surface area contributed by atoms with Gasteiger partial charge < -0.3 is 15.1 Å². The van der Waals surface area contributed by atoms with E-state index in [1.165, 1.54) is 24.9 Å². The summed E-state index contributed by atoms with van der Waals surface area (Å²) in [6, 6.07) is 0. The summed E-state index contributed by atoms with van der Waals surface area (Å²) in [6.07, 6.45) is 7.71. The van der Waals surface area contributed by atoms with E-state index in [0.717, 1.165) is 51.6 Å². The Morgan fingerprint density at radius 1 is 1.32 bits per heavy atom. The molecule has 0 aliphatic carbocycles. The van der Waals surface area contributed by atoms with Gasteiger partial charge in [-0.05, 0) is 51.4 Å². The van der Waals surface area contributed by atoms with E-state index >= 15 is 0 Å². The third-order valence-electron chi connectivity index (χ3n) is 5.06. The minimum absolute atomic E-state index is 0.570. The summed E-state index contributed by atoms with van der Waals surface area (Å²) in [5.41, 5.74) is 1.35. The maximum Gasteiger partial charge on any atom is 0.193 e. The molecular formula is C19H36N6. The zero-order valence-electron chi connectivity index (χ0n) is 16.5. The summed E-state index contributed by atoms with van der Waals surface area (Å²) in [6.45, 7) is 14.0. The van der Waals surface area contributed by atoms with Gasteiger partial charge in [-0.3, -0.25) is 9.67 Å². The van der Waals surface area contributed by atoms with Crippen molar-refractivity contribution in [2.24, 2.45) is 12.0 Å². The highest BCUT2D eigenvalue weighted by Crippen LogP contribution is 2.26. The van der Waals surface area contributed by atoms with E-state index in [4.69, 9.17) is 4.99 Å². The van der Waals surface area contributed by atoms with Crippen LogP contribution in [0.15, 0.2) is 17.4 Å². The molecule has 6 nitrogen and oxygen atoms in total. The smallest absolute Gasteiger partial charge is 0.193 e. The van der Waals surface area contributed by atoms with E-state index in [-0.39, 0.29) is 0 Å². The summed E-state index contributed by atoms with van der Waals surface area (Å²) in [5, 5.41) is 7.78. The minimum Gasteiger partial charge on any atom is -0.357 e. The van der Waals surface area contributed by atoms with Crippen molar-refractivity contribution in [2.75, 3.05) is 45.8 Å². The zero-order chi connectivity index (χ0) is 18.1. The average molecular weight is 349 g/mol. The highest BCUT2D eigenvalue weighted by molar-refractivity contribution is 5.80. The van der Waals surface area contributed by atoms with Crippen LogP contribution in [0.25, 0.3) is 0 Å². The molecule has 1 fully saturated rings. The second-order valence-electron chi connectivity index (χ2n) is 6.85. The van der Waals surface area contributed by atoms with Gasteiger partial charge in [-0.15, -0.1) is 0 Å². The van der Waals surface area contributed by atoms with E-state index in [2.05, 4.69) is 47.2 Å². The third-order valence-corrected chi connectivity index (χ3v) is 5.06. The van der Waals surface area contributed by atoms with Gasteiger partial charge in [0.1, 0.15) is 0 Å². The zero-order valence-corrected chi connectivity index (χ0v) is 16.5. The first-order chi connectivity index (χ1) is 12.2. The van der Waals surface area contributed by atoms with Gasteiger partial charge in [0.15, 0.2) is 5.96 Å². The number of unbranched alkanes of at least 4 members (excludes halogenated alkanes) is 1. The Balaban J connectivity index is 1.81. The number of aryl methyl sites for hydroxylation is 1. The van der Waals surface area contributed by atoms with Gasteiger partial charge in [-0.2, -0.15) is 5.10 Å². The molecule has 1 aliphatic heterocycles. The lowest BCUT2D eigenvalue weighted by atomic mass is 10.0. The van der Waals surface area contributed by atoms with Gasteiger partial charge in [0.25, 0.3) is 0 Å². The van der Waals surface area contributed by atoms with E-state index in [1.54, 1.807) is 0 Å². The Kier molecular flexibility index (Phi) is 8.25. The fourth-order valence-corrected chi connectivity index (χ4v) is 3.47. The molecule has 0 saturated carbocycles. The summed E-state index contributed by atoms with van der Waals surface area (Å²) in [7, 11) is 1.99. The lowest BCUT2D eigenvalue weighted by molar-refractivity contribution is 0.297. The summed E-state index contributed by atoms with van der Waals surface area (Å²) in [5.74, 6) is 1.65. The number of nitrogens with zero attached hydrogens (tertiary/aromatic N) is 5. The van der Waals surface area contributed by atoms with Gasteiger partial charge in [0.2, 0.25) is 0 Å². The molecule has 0 bridgehead atoms. The molecule has 1 N–H and O–H groups in total. The second-order valence-corrected chi connectivity index (χ2v) is 6.85. The largest absolute Gasteiger partial charge is 0.357 e. The van der Waals surface area contributed by atoms with Gasteiger partial charge in [-0.1, -0.05) is 13.8 Å². The first-order valence-electron chi connectivity index (χ1n) is 9.92. The van der Waals surface area contributed by atoms with Crippen LogP contribution in [0, 0.1) is 0 Å². The van der Waals surface area contributed by atoms with Crippen molar-refractivity contribution in [2.45, 2.75) is 46.0 Å². The SMILES string of the molecule is CCNC(=NCCCCN(CC)CC)N1CCC(c2cnn(C)c2)C1. The van der Waals surface area contributed by atoms with Crippen molar-refractivity contribution in [3.05, 3.63) is 18.0 Å². The van der Waals surface area contributed by atoms with Crippen LogP contribution in [-0.4, -0.2) is 71.4 Å². The summed E-state index contributed by atoms with van der Waals surface area (Å²) in [4.78, 5) is 9.76. The monoisotopic (exact) mass is 348 g/mol. The first-order valence-corrected chi connectivity index (χ1v) is 9.92. The molecule has 0 amide bonds. The Morgan fingerprint density at radius 2 is 2.12 bits per heavy atom. The molecule has 2 heterocycles. The molecular weight excluding hydrogens is 312 g/mol. The third kappa shape index (κ3) is 6.03. The Hall–Kier alpha value is -1.56. The number of guanidine groups is 1. The van der Waals surface area contributed by atoms with Crippen molar-refractivity contribution >= 4 is 5.96 Å². The highest BCUT2D eigenvalue weighted by Gasteiger charge is 2.26. The molecule has 1 unspecified atom stereocenters. The van der Waals surface area contributed by atoms with E-state index in [0.29, 0.717) is 5.92 Å². The Labute approximate surface area is 153 Å². The van der Waals surface area contributed by atoms with Gasteiger partial charge in [-0.25, -0.2) is 0 Å². The lowest BCUT2D eigenvalue weighted by Crippen LogP contribution is -2.40. The first kappa shape index (κ1) is 19.8. The number of aromatic nitrogens is 2. The van der Waals surface area contributed by atoms with E-state index in [9.17, 15) is 0 Å². The molecule has 6 heteroatoms. The number of likely N-dealkylation sites (tertiary alicyclic amines) is 1. The molecule has 1 aliphatic rings. The lowest BCUT2D eigenvalue weighted by Gasteiger charge is -2.22.